The number of hydrogen-bond acceptors (Lipinski definition) is 8. The molecule has 3 rings (SSSR count). The van der Waals surface area contributed by atoms with Crippen molar-refractivity contribution in [2.24, 2.45) is 0 Å². The molecule has 0 aliphatic carbocycles. The highest BCUT2D eigenvalue weighted by atomic mass is 16.6. The molecule has 2 aromatic heterocycles. The van der Waals surface area contributed by atoms with Gasteiger partial charge in [0.25, 0.3) is 0 Å². The van der Waals surface area contributed by atoms with E-state index in [0.717, 1.165) is 5.57 Å². The molecule has 0 aromatic carbocycles. The van der Waals surface area contributed by atoms with Crippen molar-refractivity contribution < 1.29 is 20.1 Å². The Bertz CT molecular complexity index is 868. The molecule has 0 radical (unpaired) electrons. The Morgan fingerprint density at radius 2 is 2.15 bits per heavy atom. The number of anilines is 1. The average Bonchev–Trinajstić information content (AvgIpc) is 3.13. The Hall–Kier alpha value is -2.51. The second-order valence-corrected chi connectivity index (χ2v) is 6.37. The van der Waals surface area contributed by atoms with Gasteiger partial charge in [0.1, 0.15) is 42.2 Å². The fraction of sp³-hybridized carbons (Fsp3) is 0.471. The van der Waals surface area contributed by atoms with Crippen LogP contribution in [0.4, 0.5) is 5.82 Å². The van der Waals surface area contributed by atoms with Crippen LogP contribution in [0, 0.1) is 11.3 Å². The lowest BCUT2D eigenvalue weighted by atomic mass is 10.1. The molecule has 1 saturated heterocycles. The van der Waals surface area contributed by atoms with Gasteiger partial charge in [0.15, 0.2) is 6.23 Å². The molecule has 0 unspecified atom stereocenters. The molecule has 4 atom stereocenters. The fourth-order valence-electron chi connectivity index (χ4n) is 2.96. The van der Waals surface area contributed by atoms with Gasteiger partial charge in [0.05, 0.1) is 17.6 Å². The summed E-state index contributed by atoms with van der Waals surface area (Å²) in [4.78, 5) is 8.43. The third kappa shape index (κ3) is 3.15. The molecular weight excluding hydrogens is 338 g/mol. The minimum atomic E-state index is -1.26. The molecule has 0 saturated carbocycles. The molecule has 0 bridgehead atoms. The zero-order chi connectivity index (χ0) is 18.8. The smallest absolute Gasteiger partial charge is 0.164 e. The van der Waals surface area contributed by atoms with Crippen molar-refractivity contribution >= 4 is 16.9 Å². The van der Waals surface area contributed by atoms with Crippen LogP contribution in [0.2, 0.25) is 0 Å². The van der Waals surface area contributed by atoms with Crippen LogP contribution in [0.15, 0.2) is 24.2 Å². The first-order chi connectivity index (χ1) is 12.5. The van der Waals surface area contributed by atoms with Crippen molar-refractivity contribution in [2.75, 3.05) is 18.5 Å². The second-order valence-electron chi connectivity index (χ2n) is 6.37. The molecule has 9 nitrogen and oxygen atoms in total. The number of hydrogen-bond donors (Lipinski definition) is 4. The third-order valence-corrected chi connectivity index (χ3v) is 4.30. The number of aliphatic hydroxyl groups is 3. The van der Waals surface area contributed by atoms with E-state index < -0.39 is 31.1 Å². The number of fused-ring (bicyclic) bond motifs is 1. The molecule has 138 valence electrons. The molecule has 2 aromatic rings. The Kier molecular flexibility index (Phi) is 5.20. The first-order valence-electron chi connectivity index (χ1n) is 8.23. The Labute approximate surface area is 150 Å². The predicted octanol–water partition coefficient (Wildman–Crippen LogP) is 0.293. The molecule has 26 heavy (non-hydrogen) atoms. The molecule has 3 heterocycles. The van der Waals surface area contributed by atoms with Crippen LogP contribution in [0.1, 0.15) is 25.6 Å². The highest BCUT2D eigenvalue weighted by molar-refractivity contribution is 5.93. The van der Waals surface area contributed by atoms with Gasteiger partial charge in [-0.15, -0.1) is 0 Å². The summed E-state index contributed by atoms with van der Waals surface area (Å²) in [7, 11) is 0. The maximum Gasteiger partial charge on any atom is 0.164 e. The number of aromatic nitrogens is 3. The van der Waals surface area contributed by atoms with Crippen molar-refractivity contribution in [2.45, 2.75) is 38.4 Å². The lowest BCUT2D eigenvalue weighted by Gasteiger charge is -2.17. The van der Waals surface area contributed by atoms with E-state index in [2.05, 4.69) is 21.4 Å². The van der Waals surface area contributed by atoms with Crippen LogP contribution in [-0.2, 0) is 4.74 Å². The lowest BCUT2D eigenvalue weighted by molar-refractivity contribution is -0.0508. The van der Waals surface area contributed by atoms with E-state index in [4.69, 9.17) is 4.74 Å². The molecule has 4 N–H and O–H groups in total. The van der Waals surface area contributed by atoms with E-state index in [0.29, 0.717) is 29.0 Å². The van der Waals surface area contributed by atoms with Crippen LogP contribution in [0.3, 0.4) is 0 Å². The molecule has 9 heteroatoms. The third-order valence-electron chi connectivity index (χ3n) is 4.30. The number of nitrogens with zero attached hydrogens (tertiary/aromatic N) is 4. The maximum absolute atomic E-state index is 10.3. The summed E-state index contributed by atoms with van der Waals surface area (Å²) in [6, 6.07) is 2.10. The summed E-state index contributed by atoms with van der Waals surface area (Å²) in [5.74, 6) is 0.495. The zero-order valence-electron chi connectivity index (χ0n) is 14.5. The van der Waals surface area contributed by atoms with Gasteiger partial charge in [-0.2, -0.15) is 5.26 Å². The van der Waals surface area contributed by atoms with Gasteiger partial charge in [-0.25, -0.2) is 9.97 Å². The van der Waals surface area contributed by atoms with Crippen LogP contribution in [0.25, 0.3) is 11.0 Å². The number of nitrogens with one attached hydrogen (secondary N) is 1. The number of aliphatic hydroxyl groups excluding tert-OH is 3. The summed E-state index contributed by atoms with van der Waals surface area (Å²) in [5, 5.41) is 42.7. The summed E-state index contributed by atoms with van der Waals surface area (Å²) in [6.45, 7) is 4.08. The first kappa shape index (κ1) is 18.3. The lowest BCUT2D eigenvalue weighted by Crippen LogP contribution is -2.33. The Morgan fingerprint density at radius 3 is 2.77 bits per heavy atom. The summed E-state index contributed by atoms with van der Waals surface area (Å²) in [6.07, 6.45) is 0.486. The van der Waals surface area contributed by atoms with Gasteiger partial charge in [-0.1, -0.05) is 11.6 Å². The average molecular weight is 359 g/mol. The molecule has 0 spiro atoms. The summed E-state index contributed by atoms with van der Waals surface area (Å²) < 4.78 is 7.04. The number of rotatable bonds is 5. The van der Waals surface area contributed by atoms with E-state index in [1.165, 1.54) is 17.1 Å². The van der Waals surface area contributed by atoms with Crippen molar-refractivity contribution in [3.63, 3.8) is 0 Å². The number of nitriles is 1. The van der Waals surface area contributed by atoms with Crippen LogP contribution < -0.4 is 5.32 Å². The normalized spacial score (nSPS) is 25.2. The van der Waals surface area contributed by atoms with Gasteiger partial charge in [0, 0.05) is 12.7 Å². The zero-order valence-corrected chi connectivity index (χ0v) is 14.5. The van der Waals surface area contributed by atoms with Crippen molar-refractivity contribution in [3.05, 3.63) is 29.7 Å². The van der Waals surface area contributed by atoms with Gasteiger partial charge in [-0.3, -0.25) is 0 Å². The SMILES string of the molecule is CC(C)=CCNc1ncnc2c1c(C#N)cn2[C@H]1O[C@@H](CO)[C@@H](O)[C@H]1O. The number of ether oxygens (including phenoxy) is 1. The standard InChI is InChI=1S/C17H21N5O4/c1-9(2)3-4-19-15-12-10(5-18)6-22(16(12)21-8-20-15)17-14(25)13(24)11(7-23)26-17/h3,6,8,11,13-14,17,23-25H,4,7H2,1-2H3,(H,19,20,21)/t11-,13+,14+,17-/m0/s1. The van der Waals surface area contributed by atoms with Gasteiger partial charge in [0.2, 0.25) is 0 Å². The van der Waals surface area contributed by atoms with E-state index in [-0.39, 0.29) is 0 Å². The number of allylic oxidation sites excluding steroid dienone is 1. The predicted molar refractivity (Wildman–Crippen MR) is 93.2 cm³/mol. The van der Waals surface area contributed by atoms with E-state index >= 15 is 0 Å². The highest BCUT2D eigenvalue weighted by Gasteiger charge is 2.44. The van der Waals surface area contributed by atoms with Gasteiger partial charge < -0.3 is 29.9 Å². The second kappa shape index (κ2) is 7.39. The van der Waals surface area contributed by atoms with Gasteiger partial charge in [-0.05, 0) is 13.8 Å². The van der Waals surface area contributed by atoms with Crippen LogP contribution in [0.5, 0.6) is 0 Å². The topological polar surface area (TPSA) is 136 Å². The molecule has 0 amide bonds. The summed E-state index contributed by atoms with van der Waals surface area (Å²) in [5.41, 5.74) is 1.86. The van der Waals surface area contributed by atoms with Crippen molar-refractivity contribution in [1.82, 2.24) is 14.5 Å². The van der Waals surface area contributed by atoms with Crippen LogP contribution >= 0.6 is 0 Å². The molecule has 1 fully saturated rings. The van der Waals surface area contributed by atoms with E-state index in [1.54, 1.807) is 0 Å². The maximum atomic E-state index is 10.3. The van der Waals surface area contributed by atoms with Gasteiger partial charge >= 0.3 is 0 Å². The minimum Gasteiger partial charge on any atom is -0.394 e. The van der Waals surface area contributed by atoms with Crippen molar-refractivity contribution in [1.29, 1.82) is 5.26 Å². The summed E-state index contributed by atoms with van der Waals surface area (Å²) >= 11 is 0. The van der Waals surface area contributed by atoms with E-state index in [1.807, 2.05) is 19.9 Å². The molecule has 1 aliphatic rings. The van der Waals surface area contributed by atoms with Crippen LogP contribution in [-0.4, -0.2) is 61.3 Å². The van der Waals surface area contributed by atoms with Crippen molar-refractivity contribution in [3.8, 4) is 6.07 Å². The first-order valence-corrected chi connectivity index (χ1v) is 8.23. The Balaban J connectivity index is 2.04. The molecular formula is C17H21N5O4. The monoisotopic (exact) mass is 359 g/mol. The Morgan fingerprint density at radius 1 is 1.38 bits per heavy atom. The largest absolute Gasteiger partial charge is 0.394 e. The van der Waals surface area contributed by atoms with E-state index in [9.17, 15) is 20.6 Å². The fourth-order valence-corrected chi connectivity index (χ4v) is 2.96. The molecule has 1 aliphatic heterocycles. The highest BCUT2D eigenvalue weighted by Crippen LogP contribution is 2.34. The quantitative estimate of drug-likeness (QED) is 0.559. The minimum absolute atomic E-state index is 0.318.